The third kappa shape index (κ3) is 3.81. The predicted molar refractivity (Wildman–Crippen MR) is 98.5 cm³/mol. The zero-order chi connectivity index (χ0) is 19.8. The van der Waals surface area contributed by atoms with Crippen molar-refractivity contribution in [2.24, 2.45) is 0 Å². The van der Waals surface area contributed by atoms with Crippen LogP contribution in [0.5, 0.6) is 0 Å². The number of rotatable bonds is 4. The van der Waals surface area contributed by atoms with Crippen molar-refractivity contribution in [3.8, 4) is 0 Å². The molecule has 27 heavy (non-hydrogen) atoms. The summed E-state index contributed by atoms with van der Waals surface area (Å²) in [6.07, 6.45) is 1.13. The quantitative estimate of drug-likeness (QED) is 0.667. The summed E-state index contributed by atoms with van der Waals surface area (Å²) in [5, 5.41) is 0. The third-order valence-electron chi connectivity index (χ3n) is 4.84. The number of nitrogens with zero attached hydrogens (tertiary/aromatic N) is 4. The van der Waals surface area contributed by atoms with Gasteiger partial charge in [-0.05, 0) is 19.1 Å². The van der Waals surface area contributed by atoms with E-state index in [-0.39, 0.29) is 38.6 Å². The molecule has 0 spiro atoms. The first kappa shape index (κ1) is 19.3. The molecule has 1 atom stereocenters. The Morgan fingerprint density at radius 1 is 1.07 bits per heavy atom. The van der Waals surface area contributed by atoms with Crippen LogP contribution in [0.15, 0.2) is 30.3 Å². The molecule has 0 aliphatic carbocycles. The Hall–Kier alpha value is -2.46. The van der Waals surface area contributed by atoms with Gasteiger partial charge in [-0.3, -0.25) is 19.4 Å². The first-order valence-corrected chi connectivity index (χ1v) is 10.5. The standard InChI is InChI=1S/C17H22N4O5S/c1-13-16(23)20(17(24)21(13)14-6-4-3-5-7-14)12-15(22)18-8-10-19(11-9-18)27(2,25)26/h3-7,13H,8-12H2,1-2H3/t13-/m1/s1. The number of piperazine rings is 1. The van der Waals surface area contributed by atoms with Gasteiger partial charge < -0.3 is 4.90 Å². The zero-order valence-electron chi connectivity index (χ0n) is 15.2. The fourth-order valence-corrected chi connectivity index (χ4v) is 4.13. The largest absolute Gasteiger partial charge is 0.338 e. The van der Waals surface area contributed by atoms with Gasteiger partial charge in [-0.25, -0.2) is 13.2 Å². The van der Waals surface area contributed by atoms with Crippen LogP contribution in [0.4, 0.5) is 10.5 Å². The van der Waals surface area contributed by atoms with Crippen molar-refractivity contribution in [1.82, 2.24) is 14.1 Å². The Bertz CT molecular complexity index is 849. The van der Waals surface area contributed by atoms with Crippen molar-refractivity contribution in [3.05, 3.63) is 30.3 Å². The lowest BCUT2D eigenvalue weighted by molar-refractivity contribution is -0.137. The number of carbonyl (C=O) groups is 3. The van der Waals surface area contributed by atoms with Crippen LogP contribution in [-0.4, -0.2) is 85.4 Å². The number of amides is 4. The molecule has 1 aromatic carbocycles. The van der Waals surface area contributed by atoms with Crippen LogP contribution in [-0.2, 0) is 19.6 Å². The number of hydrogen-bond acceptors (Lipinski definition) is 5. The Labute approximate surface area is 158 Å². The van der Waals surface area contributed by atoms with Gasteiger partial charge in [0.15, 0.2) is 0 Å². The monoisotopic (exact) mass is 394 g/mol. The highest BCUT2D eigenvalue weighted by Gasteiger charge is 2.44. The summed E-state index contributed by atoms with van der Waals surface area (Å²) >= 11 is 0. The van der Waals surface area contributed by atoms with E-state index in [1.165, 1.54) is 14.1 Å². The number of urea groups is 1. The molecule has 9 nitrogen and oxygen atoms in total. The molecule has 2 aliphatic rings. The van der Waals surface area contributed by atoms with E-state index in [2.05, 4.69) is 0 Å². The molecule has 0 bridgehead atoms. The number of anilines is 1. The number of carbonyl (C=O) groups excluding carboxylic acids is 3. The highest BCUT2D eigenvalue weighted by molar-refractivity contribution is 7.88. The lowest BCUT2D eigenvalue weighted by Crippen LogP contribution is -2.53. The van der Waals surface area contributed by atoms with Crippen LogP contribution in [0.25, 0.3) is 0 Å². The molecule has 146 valence electrons. The normalized spacial score (nSPS) is 21.9. The van der Waals surface area contributed by atoms with Gasteiger partial charge in [0.2, 0.25) is 15.9 Å². The second kappa shape index (κ2) is 7.28. The summed E-state index contributed by atoms with van der Waals surface area (Å²) in [6.45, 7) is 2.17. The van der Waals surface area contributed by atoms with Gasteiger partial charge in [-0.1, -0.05) is 18.2 Å². The van der Waals surface area contributed by atoms with E-state index in [1.54, 1.807) is 31.2 Å². The van der Waals surface area contributed by atoms with Gasteiger partial charge >= 0.3 is 6.03 Å². The van der Waals surface area contributed by atoms with Crippen molar-refractivity contribution in [2.75, 3.05) is 43.9 Å². The summed E-state index contributed by atoms with van der Waals surface area (Å²) < 4.78 is 24.4. The number of benzene rings is 1. The van der Waals surface area contributed by atoms with Crippen LogP contribution in [0.2, 0.25) is 0 Å². The third-order valence-corrected chi connectivity index (χ3v) is 6.14. The fraction of sp³-hybridized carbons (Fsp3) is 0.471. The maximum atomic E-state index is 12.7. The van der Waals surface area contributed by atoms with Crippen LogP contribution in [0.3, 0.4) is 0 Å². The first-order chi connectivity index (χ1) is 12.7. The molecule has 2 aliphatic heterocycles. The highest BCUT2D eigenvalue weighted by atomic mass is 32.2. The highest BCUT2D eigenvalue weighted by Crippen LogP contribution is 2.25. The van der Waals surface area contributed by atoms with Crippen molar-refractivity contribution in [3.63, 3.8) is 0 Å². The molecule has 2 heterocycles. The lowest BCUT2D eigenvalue weighted by Gasteiger charge is -2.33. The summed E-state index contributed by atoms with van der Waals surface area (Å²) in [5.41, 5.74) is 0.597. The van der Waals surface area contributed by atoms with E-state index in [0.717, 1.165) is 11.2 Å². The maximum Gasteiger partial charge on any atom is 0.332 e. The molecule has 2 saturated heterocycles. The van der Waals surface area contributed by atoms with Crippen LogP contribution < -0.4 is 4.90 Å². The van der Waals surface area contributed by atoms with E-state index < -0.39 is 28.0 Å². The van der Waals surface area contributed by atoms with E-state index in [1.807, 2.05) is 6.07 Å². The molecule has 0 saturated carbocycles. The van der Waals surface area contributed by atoms with Crippen LogP contribution in [0, 0.1) is 0 Å². The molecule has 1 aromatic rings. The Morgan fingerprint density at radius 2 is 1.67 bits per heavy atom. The van der Waals surface area contributed by atoms with Crippen molar-refractivity contribution >= 4 is 33.6 Å². The first-order valence-electron chi connectivity index (χ1n) is 8.62. The maximum absolute atomic E-state index is 12.7. The van der Waals surface area contributed by atoms with E-state index in [9.17, 15) is 22.8 Å². The van der Waals surface area contributed by atoms with Crippen LogP contribution >= 0.6 is 0 Å². The van der Waals surface area contributed by atoms with Gasteiger partial charge in [0.1, 0.15) is 12.6 Å². The lowest BCUT2D eigenvalue weighted by atomic mass is 10.2. The van der Waals surface area contributed by atoms with Gasteiger partial charge in [-0.2, -0.15) is 4.31 Å². The second-order valence-corrected chi connectivity index (χ2v) is 8.61. The molecule has 3 rings (SSSR count). The molecular weight excluding hydrogens is 372 g/mol. The summed E-state index contributed by atoms with van der Waals surface area (Å²) in [4.78, 5) is 41.6. The molecule has 0 N–H and O–H groups in total. The average Bonchev–Trinajstić information content (AvgIpc) is 2.85. The van der Waals surface area contributed by atoms with Crippen LogP contribution in [0.1, 0.15) is 6.92 Å². The van der Waals surface area contributed by atoms with Gasteiger partial charge in [0, 0.05) is 31.9 Å². The SMILES string of the molecule is C[C@@H]1C(=O)N(CC(=O)N2CCN(S(C)(=O)=O)CC2)C(=O)N1c1ccccc1. The number of hydrogen-bond donors (Lipinski definition) is 0. The van der Waals surface area contributed by atoms with Crippen molar-refractivity contribution in [2.45, 2.75) is 13.0 Å². The van der Waals surface area contributed by atoms with Crippen molar-refractivity contribution in [1.29, 1.82) is 0 Å². The molecule has 4 amide bonds. The second-order valence-electron chi connectivity index (χ2n) is 6.63. The average molecular weight is 394 g/mol. The van der Waals surface area contributed by atoms with Crippen molar-refractivity contribution < 1.29 is 22.8 Å². The Balaban J connectivity index is 1.66. The topological polar surface area (TPSA) is 98.3 Å². The summed E-state index contributed by atoms with van der Waals surface area (Å²) in [5.74, 6) is -0.793. The molecule has 10 heteroatoms. The smallest absolute Gasteiger partial charge is 0.332 e. The predicted octanol–water partition coefficient (Wildman–Crippen LogP) is -0.0525. The molecule has 2 fully saturated rings. The van der Waals surface area contributed by atoms with E-state index in [4.69, 9.17) is 0 Å². The molecule has 0 unspecified atom stereocenters. The molecule has 0 aromatic heterocycles. The van der Waals surface area contributed by atoms with E-state index >= 15 is 0 Å². The van der Waals surface area contributed by atoms with Gasteiger partial charge in [0.05, 0.1) is 6.26 Å². The minimum absolute atomic E-state index is 0.207. The number of imide groups is 1. The Kier molecular flexibility index (Phi) is 5.20. The van der Waals surface area contributed by atoms with E-state index in [0.29, 0.717) is 5.69 Å². The minimum Gasteiger partial charge on any atom is -0.338 e. The minimum atomic E-state index is -3.29. The number of sulfonamides is 1. The fourth-order valence-electron chi connectivity index (χ4n) is 3.30. The molecule has 0 radical (unpaired) electrons. The summed E-state index contributed by atoms with van der Waals surface area (Å²) in [6, 6.07) is 7.61. The van der Waals surface area contributed by atoms with Gasteiger partial charge in [0.25, 0.3) is 5.91 Å². The van der Waals surface area contributed by atoms with Gasteiger partial charge in [-0.15, -0.1) is 0 Å². The molecular formula is C17H22N4O5S. The zero-order valence-corrected chi connectivity index (χ0v) is 16.1. The number of para-hydroxylation sites is 1. The Morgan fingerprint density at radius 3 is 2.22 bits per heavy atom. The summed E-state index contributed by atoms with van der Waals surface area (Å²) in [7, 11) is -3.29.